The maximum Gasteiger partial charge on any atom is 0.320 e. The number of carbonyl (C=O) groups is 1. The van der Waals surface area contributed by atoms with E-state index in [0.29, 0.717) is 13.0 Å². The summed E-state index contributed by atoms with van der Waals surface area (Å²) in [5.41, 5.74) is 2.41. The second-order valence-corrected chi connectivity index (χ2v) is 4.60. The summed E-state index contributed by atoms with van der Waals surface area (Å²) in [6.45, 7) is 8.39. The second kappa shape index (κ2) is 7.79. The van der Waals surface area contributed by atoms with Crippen molar-refractivity contribution in [1.29, 1.82) is 0 Å². The molecule has 1 unspecified atom stereocenters. The van der Waals surface area contributed by atoms with Gasteiger partial charge in [-0.05, 0) is 38.4 Å². The minimum atomic E-state index is -0.775. The quantitative estimate of drug-likeness (QED) is 0.756. The third kappa shape index (κ3) is 4.56. The molecule has 0 amide bonds. The van der Waals surface area contributed by atoms with E-state index in [1.807, 2.05) is 19.1 Å². The highest BCUT2D eigenvalue weighted by molar-refractivity contribution is 5.73. The van der Waals surface area contributed by atoms with Crippen molar-refractivity contribution in [3.8, 4) is 0 Å². The van der Waals surface area contributed by atoms with Gasteiger partial charge >= 0.3 is 5.97 Å². The van der Waals surface area contributed by atoms with Crippen molar-refractivity contribution < 1.29 is 9.90 Å². The Hall–Kier alpha value is -1.55. The summed E-state index contributed by atoms with van der Waals surface area (Å²) < 4.78 is 0. The first kappa shape index (κ1) is 15.5. The number of likely N-dealkylation sites (N-methyl/N-ethyl adjacent to an activating group) is 1. The Morgan fingerprint density at radius 1 is 1.37 bits per heavy atom. The minimum absolute atomic E-state index is 0.469. The number of aryl methyl sites for hydroxylation is 1. The highest BCUT2D eigenvalue weighted by Crippen LogP contribution is 2.19. The molecule has 0 aliphatic rings. The van der Waals surface area contributed by atoms with E-state index in [1.165, 1.54) is 11.3 Å². The maximum absolute atomic E-state index is 11.1. The lowest BCUT2D eigenvalue weighted by molar-refractivity contribution is -0.139. The van der Waals surface area contributed by atoms with Crippen molar-refractivity contribution >= 4 is 11.7 Å². The van der Waals surface area contributed by atoms with Crippen LogP contribution in [0.1, 0.15) is 25.8 Å². The molecule has 2 N–H and O–H groups in total. The molecule has 0 spiro atoms. The average Bonchev–Trinajstić information content (AvgIpc) is 2.39. The SMILES string of the molecule is CCNC(CCN(CC)c1ccccc1C)C(=O)O. The fourth-order valence-electron chi connectivity index (χ4n) is 2.21. The largest absolute Gasteiger partial charge is 0.480 e. The zero-order valence-electron chi connectivity index (χ0n) is 12.0. The molecular formula is C15H24N2O2. The topological polar surface area (TPSA) is 52.6 Å². The lowest BCUT2D eigenvalue weighted by Crippen LogP contribution is -2.40. The molecule has 19 heavy (non-hydrogen) atoms. The van der Waals surface area contributed by atoms with E-state index in [1.54, 1.807) is 0 Å². The molecule has 0 fully saturated rings. The standard InChI is InChI=1S/C15H24N2O2/c1-4-16-13(15(18)19)10-11-17(5-2)14-9-7-6-8-12(14)3/h6-9,13,16H,4-5,10-11H2,1-3H3,(H,18,19). The van der Waals surface area contributed by atoms with Gasteiger partial charge in [-0.15, -0.1) is 0 Å². The monoisotopic (exact) mass is 264 g/mol. The fourth-order valence-corrected chi connectivity index (χ4v) is 2.21. The normalized spacial score (nSPS) is 12.2. The van der Waals surface area contributed by atoms with Crippen molar-refractivity contribution in [2.45, 2.75) is 33.2 Å². The third-order valence-corrected chi connectivity index (χ3v) is 3.27. The van der Waals surface area contributed by atoms with Crippen LogP contribution in [0.25, 0.3) is 0 Å². The molecule has 0 heterocycles. The number of nitrogens with zero attached hydrogens (tertiary/aromatic N) is 1. The van der Waals surface area contributed by atoms with E-state index < -0.39 is 12.0 Å². The number of rotatable bonds is 8. The molecule has 1 aromatic rings. The number of carboxylic acid groups (broad SMARTS) is 1. The lowest BCUT2D eigenvalue weighted by atomic mass is 10.1. The minimum Gasteiger partial charge on any atom is -0.480 e. The summed E-state index contributed by atoms with van der Waals surface area (Å²) in [5.74, 6) is -0.775. The van der Waals surface area contributed by atoms with Crippen molar-refractivity contribution in [3.05, 3.63) is 29.8 Å². The lowest BCUT2D eigenvalue weighted by Gasteiger charge is -2.26. The summed E-state index contributed by atoms with van der Waals surface area (Å²) >= 11 is 0. The number of benzene rings is 1. The first-order chi connectivity index (χ1) is 9.10. The fraction of sp³-hybridized carbons (Fsp3) is 0.533. The van der Waals surface area contributed by atoms with Gasteiger partial charge in [0.05, 0.1) is 0 Å². The summed E-state index contributed by atoms with van der Waals surface area (Å²) in [6, 6.07) is 7.73. The van der Waals surface area contributed by atoms with Crippen LogP contribution in [-0.2, 0) is 4.79 Å². The van der Waals surface area contributed by atoms with Crippen LogP contribution in [0.2, 0.25) is 0 Å². The van der Waals surface area contributed by atoms with Gasteiger partial charge in [-0.3, -0.25) is 4.79 Å². The van der Waals surface area contributed by atoms with Crippen molar-refractivity contribution in [1.82, 2.24) is 5.32 Å². The maximum atomic E-state index is 11.1. The highest BCUT2D eigenvalue weighted by atomic mass is 16.4. The van der Waals surface area contributed by atoms with E-state index in [2.05, 4.69) is 36.2 Å². The number of anilines is 1. The number of nitrogens with one attached hydrogen (secondary N) is 1. The third-order valence-electron chi connectivity index (χ3n) is 3.27. The Balaban J connectivity index is 2.67. The molecule has 0 aliphatic carbocycles. The predicted molar refractivity (Wildman–Crippen MR) is 78.8 cm³/mol. The average molecular weight is 264 g/mol. The molecule has 0 aliphatic heterocycles. The van der Waals surface area contributed by atoms with Gasteiger partial charge in [0.25, 0.3) is 0 Å². The molecule has 0 bridgehead atoms. The van der Waals surface area contributed by atoms with E-state index >= 15 is 0 Å². The summed E-state index contributed by atoms with van der Waals surface area (Å²) in [6.07, 6.45) is 0.603. The molecule has 0 saturated carbocycles. The van der Waals surface area contributed by atoms with E-state index in [0.717, 1.165) is 13.1 Å². The van der Waals surface area contributed by atoms with Crippen LogP contribution in [0.5, 0.6) is 0 Å². The molecule has 1 atom stereocenters. The number of para-hydroxylation sites is 1. The van der Waals surface area contributed by atoms with Crippen LogP contribution in [0.3, 0.4) is 0 Å². The molecular weight excluding hydrogens is 240 g/mol. The van der Waals surface area contributed by atoms with E-state index in [9.17, 15) is 4.79 Å². The molecule has 1 aromatic carbocycles. The number of carboxylic acids is 1. The molecule has 0 aromatic heterocycles. The van der Waals surface area contributed by atoms with Crippen LogP contribution >= 0.6 is 0 Å². The van der Waals surface area contributed by atoms with Gasteiger partial charge in [-0.2, -0.15) is 0 Å². The van der Waals surface area contributed by atoms with Crippen LogP contribution in [0.4, 0.5) is 5.69 Å². The van der Waals surface area contributed by atoms with Crippen LogP contribution in [-0.4, -0.2) is 36.8 Å². The first-order valence-corrected chi connectivity index (χ1v) is 6.86. The molecule has 0 saturated heterocycles. The van der Waals surface area contributed by atoms with Crippen molar-refractivity contribution in [3.63, 3.8) is 0 Å². The van der Waals surface area contributed by atoms with Gasteiger partial charge in [0.15, 0.2) is 0 Å². The second-order valence-electron chi connectivity index (χ2n) is 4.60. The Kier molecular flexibility index (Phi) is 6.36. The Morgan fingerprint density at radius 2 is 2.05 bits per heavy atom. The molecule has 4 heteroatoms. The smallest absolute Gasteiger partial charge is 0.320 e. The van der Waals surface area contributed by atoms with Gasteiger partial charge in [0, 0.05) is 18.8 Å². The number of hydrogen-bond acceptors (Lipinski definition) is 3. The van der Waals surface area contributed by atoms with Crippen LogP contribution in [0, 0.1) is 6.92 Å². The zero-order chi connectivity index (χ0) is 14.3. The van der Waals surface area contributed by atoms with Crippen LogP contribution in [0.15, 0.2) is 24.3 Å². The summed E-state index contributed by atoms with van der Waals surface area (Å²) in [4.78, 5) is 13.3. The molecule has 106 valence electrons. The summed E-state index contributed by atoms with van der Waals surface area (Å²) in [5, 5.41) is 12.1. The van der Waals surface area contributed by atoms with Gasteiger partial charge in [0.1, 0.15) is 6.04 Å². The highest BCUT2D eigenvalue weighted by Gasteiger charge is 2.17. The van der Waals surface area contributed by atoms with E-state index in [-0.39, 0.29) is 0 Å². The van der Waals surface area contributed by atoms with Gasteiger partial charge in [-0.25, -0.2) is 0 Å². The number of aliphatic carboxylic acids is 1. The molecule has 0 radical (unpaired) electrons. The Bertz CT molecular complexity index is 407. The first-order valence-electron chi connectivity index (χ1n) is 6.86. The van der Waals surface area contributed by atoms with Crippen molar-refractivity contribution in [2.24, 2.45) is 0 Å². The van der Waals surface area contributed by atoms with Gasteiger partial charge in [-0.1, -0.05) is 25.1 Å². The van der Waals surface area contributed by atoms with Crippen molar-refractivity contribution in [2.75, 3.05) is 24.5 Å². The van der Waals surface area contributed by atoms with Crippen LogP contribution < -0.4 is 10.2 Å². The van der Waals surface area contributed by atoms with Gasteiger partial charge < -0.3 is 15.3 Å². The predicted octanol–water partition coefficient (Wildman–Crippen LogP) is 2.27. The number of hydrogen-bond donors (Lipinski definition) is 2. The zero-order valence-corrected chi connectivity index (χ0v) is 12.0. The molecule has 4 nitrogen and oxygen atoms in total. The van der Waals surface area contributed by atoms with Gasteiger partial charge in [0.2, 0.25) is 0 Å². The Morgan fingerprint density at radius 3 is 2.58 bits per heavy atom. The Labute approximate surface area is 115 Å². The summed E-state index contributed by atoms with van der Waals surface area (Å²) in [7, 11) is 0. The molecule has 1 rings (SSSR count). The van der Waals surface area contributed by atoms with E-state index in [4.69, 9.17) is 5.11 Å².